The first-order chi connectivity index (χ1) is 12.5. The van der Waals surface area contributed by atoms with Crippen molar-refractivity contribution in [2.75, 3.05) is 35.6 Å². The lowest BCUT2D eigenvalue weighted by molar-refractivity contribution is -0.130. The van der Waals surface area contributed by atoms with E-state index in [9.17, 15) is 9.59 Å². The van der Waals surface area contributed by atoms with Crippen molar-refractivity contribution in [3.63, 3.8) is 0 Å². The smallest absolute Gasteiger partial charge is 0.256 e. The molecule has 27 heavy (non-hydrogen) atoms. The highest BCUT2D eigenvalue weighted by molar-refractivity contribution is 7.99. The maximum absolute atomic E-state index is 12.4. The van der Waals surface area contributed by atoms with Gasteiger partial charge in [0.15, 0.2) is 0 Å². The van der Waals surface area contributed by atoms with Crippen molar-refractivity contribution in [2.45, 2.75) is 13.3 Å². The van der Waals surface area contributed by atoms with Crippen LogP contribution in [0.15, 0.2) is 42.5 Å². The highest BCUT2D eigenvalue weighted by Gasteiger charge is 2.17. The molecule has 1 heterocycles. The van der Waals surface area contributed by atoms with E-state index < -0.39 is 0 Å². The van der Waals surface area contributed by atoms with E-state index in [1.165, 1.54) is 0 Å². The Morgan fingerprint density at radius 1 is 1.11 bits per heavy atom. The molecule has 3 N–H and O–H groups in total. The van der Waals surface area contributed by atoms with Gasteiger partial charge in [-0.15, -0.1) is 12.4 Å². The highest BCUT2D eigenvalue weighted by Crippen LogP contribution is 2.17. The van der Waals surface area contributed by atoms with E-state index in [1.807, 2.05) is 53.9 Å². The topological polar surface area (TPSA) is 75.4 Å². The molecular weight excluding hydrogens is 382 g/mol. The van der Waals surface area contributed by atoms with Gasteiger partial charge in [-0.2, -0.15) is 11.8 Å². The number of amides is 2. The van der Waals surface area contributed by atoms with Crippen molar-refractivity contribution in [3.05, 3.63) is 59.2 Å². The van der Waals surface area contributed by atoms with Gasteiger partial charge in [-0.3, -0.25) is 9.59 Å². The van der Waals surface area contributed by atoms with E-state index in [0.717, 1.165) is 35.7 Å². The van der Waals surface area contributed by atoms with Gasteiger partial charge in [0.1, 0.15) is 0 Å². The number of nitrogens with two attached hydrogens (primary N) is 1. The number of hydrogen-bond acceptors (Lipinski definition) is 4. The van der Waals surface area contributed by atoms with Crippen molar-refractivity contribution in [1.29, 1.82) is 0 Å². The third kappa shape index (κ3) is 5.65. The van der Waals surface area contributed by atoms with Gasteiger partial charge in [0.05, 0.1) is 6.42 Å². The summed E-state index contributed by atoms with van der Waals surface area (Å²) in [5.41, 5.74) is 9.41. The average Bonchev–Trinajstić information content (AvgIpc) is 2.66. The fourth-order valence-corrected chi connectivity index (χ4v) is 3.79. The molecule has 144 valence electrons. The number of aryl methyl sites for hydroxylation is 1. The Labute approximate surface area is 170 Å². The second-order valence-corrected chi connectivity index (χ2v) is 7.62. The molecule has 1 fully saturated rings. The Morgan fingerprint density at radius 3 is 2.44 bits per heavy atom. The van der Waals surface area contributed by atoms with Gasteiger partial charge < -0.3 is 16.0 Å². The van der Waals surface area contributed by atoms with Crippen molar-refractivity contribution < 1.29 is 9.59 Å². The molecule has 2 amide bonds. The van der Waals surface area contributed by atoms with Crippen molar-refractivity contribution in [3.8, 4) is 0 Å². The molecule has 1 aliphatic heterocycles. The van der Waals surface area contributed by atoms with Crippen molar-refractivity contribution in [2.24, 2.45) is 0 Å². The van der Waals surface area contributed by atoms with Crippen LogP contribution in [0.1, 0.15) is 21.5 Å². The Kier molecular flexibility index (Phi) is 7.56. The van der Waals surface area contributed by atoms with Gasteiger partial charge >= 0.3 is 0 Å². The molecule has 0 spiro atoms. The van der Waals surface area contributed by atoms with E-state index in [1.54, 1.807) is 12.1 Å². The largest absolute Gasteiger partial charge is 0.399 e. The molecule has 2 aromatic rings. The van der Waals surface area contributed by atoms with Crippen LogP contribution in [0.2, 0.25) is 0 Å². The van der Waals surface area contributed by atoms with Crippen LogP contribution in [0, 0.1) is 6.92 Å². The predicted molar refractivity (Wildman–Crippen MR) is 115 cm³/mol. The molecule has 1 aliphatic rings. The SMILES string of the molecule is Cc1ccc(N)cc1C(=O)Nc1ccc(CC(=O)N2CCSCC2)cc1.Cl. The third-order valence-corrected chi connectivity index (χ3v) is 5.38. The van der Waals surface area contributed by atoms with E-state index >= 15 is 0 Å². The summed E-state index contributed by atoms with van der Waals surface area (Å²) < 4.78 is 0. The van der Waals surface area contributed by atoms with Gasteiger partial charge in [-0.25, -0.2) is 0 Å². The molecule has 5 nitrogen and oxygen atoms in total. The molecule has 0 aliphatic carbocycles. The Hall–Kier alpha value is -2.18. The standard InChI is InChI=1S/C20H23N3O2S.ClH/c1-14-2-5-16(21)13-18(14)20(25)22-17-6-3-15(4-7-17)12-19(24)23-8-10-26-11-9-23;/h2-7,13H,8-12,21H2,1H3,(H,22,25);1H. The number of carbonyl (C=O) groups is 2. The fourth-order valence-electron chi connectivity index (χ4n) is 2.89. The van der Waals surface area contributed by atoms with Crippen LogP contribution >= 0.6 is 24.2 Å². The van der Waals surface area contributed by atoms with E-state index in [0.29, 0.717) is 23.4 Å². The highest BCUT2D eigenvalue weighted by atomic mass is 35.5. The summed E-state index contributed by atoms with van der Waals surface area (Å²) >= 11 is 1.89. The van der Waals surface area contributed by atoms with Gasteiger partial charge in [0, 0.05) is 41.5 Å². The number of nitrogen functional groups attached to an aromatic ring is 1. The number of thioether (sulfide) groups is 1. The molecule has 2 aromatic carbocycles. The number of hydrogen-bond donors (Lipinski definition) is 2. The van der Waals surface area contributed by atoms with E-state index in [4.69, 9.17) is 5.73 Å². The first-order valence-electron chi connectivity index (χ1n) is 8.65. The number of halogens is 1. The Balaban J connectivity index is 0.00000261. The summed E-state index contributed by atoms with van der Waals surface area (Å²) in [4.78, 5) is 26.7. The minimum Gasteiger partial charge on any atom is -0.399 e. The number of rotatable bonds is 4. The van der Waals surface area contributed by atoms with Crippen LogP contribution < -0.4 is 11.1 Å². The zero-order valence-corrected chi connectivity index (χ0v) is 16.9. The zero-order chi connectivity index (χ0) is 18.5. The van der Waals surface area contributed by atoms with Crippen LogP contribution in [0.3, 0.4) is 0 Å². The van der Waals surface area contributed by atoms with Crippen molar-refractivity contribution >= 4 is 47.4 Å². The first kappa shape index (κ1) is 21.1. The number of nitrogens with one attached hydrogen (secondary N) is 1. The summed E-state index contributed by atoms with van der Waals surface area (Å²) in [5.74, 6) is 2.00. The molecular formula is C20H24ClN3O2S. The molecule has 0 saturated carbocycles. The molecule has 0 unspecified atom stereocenters. The van der Waals surface area contributed by atoms with E-state index in [-0.39, 0.29) is 24.2 Å². The minimum atomic E-state index is -0.190. The van der Waals surface area contributed by atoms with Gasteiger partial charge in [0.25, 0.3) is 5.91 Å². The van der Waals surface area contributed by atoms with Crippen molar-refractivity contribution in [1.82, 2.24) is 4.90 Å². The molecule has 0 radical (unpaired) electrons. The van der Waals surface area contributed by atoms with Crippen LogP contribution in [-0.4, -0.2) is 41.3 Å². The second-order valence-electron chi connectivity index (χ2n) is 6.40. The summed E-state index contributed by atoms with van der Waals surface area (Å²) in [7, 11) is 0. The average molecular weight is 406 g/mol. The summed E-state index contributed by atoms with van der Waals surface area (Å²) in [6.07, 6.45) is 0.396. The number of carbonyl (C=O) groups excluding carboxylic acids is 2. The molecule has 0 bridgehead atoms. The number of anilines is 2. The predicted octanol–water partition coefficient (Wildman–Crippen LogP) is 3.37. The summed E-state index contributed by atoms with van der Waals surface area (Å²) in [6, 6.07) is 12.7. The molecule has 0 atom stereocenters. The molecule has 1 saturated heterocycles. The monoisotopic (exact) mass is 405 g/mol. The Morgan fingerprint density at radius 2 is 1.78 bits per heavy atom. The maximum atomic E-state index is 12.4. The molecule has 3 rings (SSSR count). The second kappa shape index (κ2) is 9.67. The molecule has 7 heteroatoms. The number of nitrogens with zero attached hydrogens (tertiary/aromatic N) is 1. The van der Waals surface area contributed by atoms with Gasteiger partial charge in [-0.05, 0) is 42.3 Å². The normalized spacial score (nSPS) is 13.6. The van der Waals surface area contributed by atoms with Crippen LogP contribution in [0.5, 0.6) is 0 Å². The fraction of sp³-hybridized carbons (Fsp3) is 0.300. The van der Waals surface area contributed by atoms with Gasteiger partial charge in [-0.1, -0.05) is 18.2 Å². The zero-order valence-electron chi connectivity index (χ0n) is 15.2. The lowest BCUT2D eigenvalue weighted by Crippen LogP contribution is -2.38. The van der Waals surface area contributed by atoms with E-state index in [2.05, 4.69) is 5.32 Å². The van der Waals surface area contributed by atoms with Crippen LogP contribution in [-0.2, 0) is 11.2 Å². The van der Waals surface area contributed by atoms with Crippen LogP contribution in [0.4, 0.5) is 11.4 Å². The molecule has 0 aromatic heterocycles. The maximum Gasteiger partial charge on any atom is 0.256 e. The number of benzene rings is 2. The van der Waals surface area contributed by atoms with Crippen LogP contribution in [0.25, 0.3) is 0 Å². The lowest BCUT2D eigenvalue weighted by Gasteiger charge is -2.26. The lowest BCUT2D eigenvalue weighted by atomic mass is 10.1. The van der Waals surface area contributed by atoms with Gasteiger partial charge in [0.2, 0.25) is 5.91 Å². The third-order valence-electron chi connectivity index (χ3n) is 4.44. The summed E-state index contributed by atoms with van der Waals surface area (Å²) in [6.45, 7) is 3.54. The minimum absolute atomic E-state index is 0. The summed E-state index contributed by atoms with van der Waals surface area (Å²) in [5, 5.41) is 2.88. The quantitative estimate of drug-likeness (QED) is 0.764. The first-order valence-corrected chi connectivity index (χ1v) is 9.80. The Bertz CT molecular complexity index is 805.